The average molecular weight is 484 g/mol. The number of nitrogens with one attached hydrogen (secondary N) is 2. The number of aryl methyl sites for hydroxylation is 1. The van der Waals surface area contributed by atoms with Crippen molar-refractivity contribution in [1.82, 2.24) is 15.1 Å². The topological polar surface area (TPSA) is 108 Å². The molecule has 4 amide bonds. The first-order valence-corrected chi connectivity index (χ1v) is 13.4. The van der Waals surface area contributed by atoms with Crippen molar-refractivity contribution in [3.63, 3.8) is 0 Å². The fourth-order valence-corrected chi connectivity index (χ4v) is 5.81. The van der Waals surface area contributed by atoms with Gasteiger partial charge in [-0.25, -0.2) is 4.79 Å². The third kappa shape index (κ3) is 6.75. The number of nitrogens with two attached hydrogens (primary N) is 1. The van der Waals surface area contributed by atoms with Crippen LogP contribution in [0, 0.1) is 12.8 Å². The van der Waals surface area contributed by atoms with Gasteiger partial charge in [0.1, 0.15) is 0 Å². The van der Waals surface area contributed by atoms with Crippen LogP contribution in [0.5, 0.6) is 0 Å². The lowest BCUT2D eigenvalue weighted by molar-refractivity contribution is -0.149. The van der Waals surface area contributed by atoms with Crippen molar-refractivity contribution in [2.75, 3.05) is 18.4 Å². The van der Waals surface area contributed by atoms with Crippen LogP contribution in [0.15, 0.2) is 24.3 Å². The summed E-state index contributed by atoms with van der Waals surface area (Å²) in [5, 5.41) is 6.07. The van der Waals surface area contributed by atoms with Crippen LogP contribution < -0.4 is 16.4 Å². The van der Waals surface area contributed by atoms with Gasteiger partial charge in [0.25, 0.3) is 5.91 Å². The monoisotopic (exact) mass is 483 g/mol. The molecule has 2 aliphatic carbocycles. The van der Waals surface area contributed by atoms with Crippen molar-refractivity contribution in [3.05, 3.63) is 29.8 Å². The van der Waals surface area contributed by atoms with Crippen molar-refractivity contribution in [3.8, 4) is 0 Å². The van der Waals surface area contributed by atoms with Gasteiger partial charge in [-0.3, -0.25) is 14.5 Å². The zero-order valence-electron chi connectivity index (χ0n) is 21.0. The Labute approximate surface area is 209 Å². The number of anilines is 1. The Hall–Kier alpha value is -2.61. The van der Waals surface area contributed by atoms with Gasteiger partial charge in [0, 0.05) is 37.3 Å². The maximum atomic E-state index is 13.6. The Morgan fingerprint density at radius 3 is 2.40 bits per heavy atom. The molecule has 3 aliphatic rings. The van der Waals surface area contributed by atoms with Crippen molar-refractivity contribution < 1.29 is 14.4 Å². The highest BCUT2D eigenvalue weighted by Gasteiger charge is 2.41. The molecular formula is C27H41N5O3. The molecule has 1 unspecified atom stereocenters. The van der Waals surface area contributed by atoms with Crippen LogP contribution in [0.1, 0.15) is 76.2 Å². The van der Waals surface area contributed by atoms with Crippen LogP contribution >= 0.6 is 0 Å². The molecule has 0 bridgehead atoms. The second kappa shape index (κ2) is 11.9. The largest absolute Gasteiger partial charge is 0.350 e. The van der Waals surface area contributed by atoms with Crippen LogP contribution in [0.4, 0.5) is 10.5 Å². The van der Waals surface area contributed by atoms with Gasteiger partial charge in [0.2, 0.25) is 5.91 Å². The van der Waals surface area contributed by atoms with E-state index in [1.807, 2.05) is 31.2 Å². The Morgan fingerprint density at radius 1 is 0.971 bits per heavy atom. The Kier molecular flexibility index (Phi) is 8.65. The summed E-state index contributed by atoms with van der Waals surface area (Å²) < 4.78 is 0. The zero-order valence-corrected chi connectivity index (χ0v) is 21.0. The highest BCUT2D eigenvalue weighted by atomic mass is 16.2. The maximum absolute atomic E-state index is 13.6. The number of hydrogen-bond donors (Lipinski definition) is 3. The summed E-state index contributed by atoms with van der Waals surface area (Å²) in [6.07, 6.45) is 9.26. The van der Waals surface area contributed by atoms with Gasteiger partial charge in [-0.05, 0) is 69.1 Å². The minimum atomic E-state index is -0.930. The summed E-state index contributed by atoms with van der Waals surface area (Å²) in [4.78, 5) is 43.4. The minimum Gasteiger partial charge on any atom is -0.350 e. The van der Waals surface area contributed by atoms with Gasteiger partial charge in [0.05, 0.1) is 0 Å². The van der Waals surface area contributed by atoms with E-state index in [1.54, 1.807) is 4.90 Å². The molecule has 1 aromatic carbocycles. The van der Waals surface area contributed by atoms with Crippen molar-refractivity contribution in [1.29, 1.82) is 0 Å². The molecule has 8 nitrogen and oxygen atoms in total. The van der Waals surface area contributed by atoms with E-state index < -0.39 is 6.17 Å². The van der Waals surface area contributed by atoms with E-state index in [9.17, 15) is 14.4 Å². The van der Waals surface area contributed by atoms with Crippen molar-refractivity contribution in [2.24, 2.45) is 11.7 Å². The highest BCUT2D eigenvalue weighted by Crippen LogP contribution is 2.29. The predicted octanol–water partition coefficient (Wildman–Crippen LogP) is 3.74. The normalized spacial score (nSPS) is 25.4. The standard InChI is InChI=1S/C27H41N5O3/c1-19-6-4-9-23(18-19)30-27(35)32-17-5-16-31(24(33)15-10-20-7-2-3-8-20)26(32)25(34)29-22-13-11-21(28)12-14-22/h4,6,9,18,20-22,26H,2-3,5,7-8,10-17,28H2,1H3,(H,29,34)(H,30,35). The fraction of sp³-hybridized carbons (Fsp3) is 0.667. The van der Waals surface area contributed by atoms with Crippen LogP contribution in [0.3, 0.4) is 0 Å². The maximum Gasteiger partial charge on any atom is 0.323 e. The molecule has 1 heterocycles. The smallest absolute Gasteiger partial charge is 0.323 e. The number of carbonyl (C=O) groups is 3. The fourth-order valence-electron chi connectivity index (χ4n) is 5.81. The SMILES string of the molecule is Cc1cccc(NC(=O)N2CCCN(C(=O)CCC3CCCC3)C2C(=O)NC2CCC(N)CC2)c1. The lowest BCUT2D eigenvalue weighted by atomic mass is 9.91. The van der Waals surface area contributed by atoms with Gasteiger partial charge in [-0.2, -0.15) is 0 Å². The molecule has 2 saturated carbocycles. The lowest BCUT2D eigenvalue weighted by Gasteiger charge is -2.43. The van der Waals surface area contributed by atoms with Gasteiger partial charge < -0.3 is 21.3 Å². The van der Waals surface area contributed by atoms with Crippen LogP contribution in [0.2, 0.25) is 0 Å². The molecule has 3 fully saturated rings. The number of rotatable bonds is 6. The average Bonchev–Trinajstić information content (AvgIpc) is 3.37. The first-order valence-electron chi connectivity index (χ1n) is 13.4. The number of amides is 4. The van der Waals surface area contributed by atoms with E-state index in [-0.39, 0.29) is 29.9 Å². The summed E-state index contributed by atoms with van der Waals surface area (Å²) >= 11 is 0. The molecule has 0 aromatic heterocycles. The number of benzene rings is 1. The first-order chi connectivity index (χ1) is 16.9. The summed E-state index contributed by atoms with van der Waals surface area (Å²) in [7, 11) is 0. The molecule has 0 spiro atoms. The molecule has 1 atom stereocenters. The molecule has 4 N–H and O–H groups in total. The molecule has 4 rings (SSSR count). The van der Waals surface area contributed by atoms with E-state index in [4.69, 9.17) is 5.73 Å². The molecule has 192 valence electrons. The van der Waals surface area contributed by atoms with Gasteiger partial charge in [0.15, 0.2) is 6.17 Å². The van der Waals surface area contributed by atoms with E-state index in [0.29, 0.717) is 37.5 Å². The van der Waals surface area contributed by atoms with Crippen molar-refractivity contribution >= 4 is 23.5 Å². The summed E-state index contributed by atoms with van der Waals surface area (Å²) in [6.45, 7) is 2.89. The summed E-state index contributed by atoms with van der Waals surface area (Å²) in [5.41, 5.74) is 7.75. The predicted molar refractivity (Wildman–Crippen MR) is 137 cm³/mol. The van der Waals surface area contributed by atoms with Crippen LogP contribution in [-0.4, -0.2) is 59.0 Å². The second-order valence-corrected chi connectivity index (χ2v) is 10.6. The van der Waals surface area contributed by atoms with E-state index in [2.05, 4.69) is 10.6 Å². The van der Waals surface area contributed by atoms with Crippen LogP contribution in [0.25, 0.3) is 0 Å². The highest BCUT2D eigenvalue weighted by molar-refractivity contribution is 5.95. The first kappa shape index (κ1) is 25.5. The number of nitrogens with zero attached hydrogens (tertiary/aromatic N) is 2. The summed E-state index contributed by atoms with van der Waals surface area (Å²) in [5.74, 6) is 0.303. The Bertz CT molecular complexity index is 893. The molecular weight excluding hydrogens is 442 g/mol. The van der Waals surface area contributed by atoms with E-state index in [1.165, 1.54) is 30.6 Å². The molecule has 8 heteroatoms. The van der Waals surface area contributed by atoms with Crippen molar-refractivity contribution in [2.45, 2.75) is 95.8 Å². The Balaban J connectivity index is 1.48. The minimum absolute atomic E-state index is 0.0290. The molecule has 0 radical (unpaired) electrons. The lowest BCUT2D eigenvalue weighted by Crippen LogP contribution is -2.65. The zero-order chi connectivity index (χ0) is 24.8. The second-order valence-electron chi connectivity index (χ2n) is 10.6. The number of hydrogen-bond acceptors (Lipinski definition) is 4. The third-order valence-electron chi connectivity index (χ3n) is 7.83. The van der Waals surface area contributed by atoms with E-state index >= 15 is 0 Å². The molecule has 1 saturated heterocycles. The molecule has 1 aromatic rings. The summed E-state index contributed by atoms with van der Waals surface area (Å²) in [6, 6.07) is 7.44. The third-order valence-corrected chi connectivity index (χ3v) is 7.83. The van der Waals surface area contributed by atoms with E-state index in [0.717, 1.165) is 37.7 Å². The number of urea groups is 1. The quantitative estimate of drug-likeness (QED) is 0.573. The molecule has 1 aliphatic heterocycles. The Morgan fingerprint density at radius 2 is 1.69 bits per heavy atom. The number of carbonyl (C=O) groups excluding carboxylic acids is 3. The van der Waals surface area contributed by atoms with Crippen LogP contribution in [-0.2, 0) is 9.59 Å². The van der Waals surface area contributed by atoms with Gasteiger partial charge in [-0.15, -0.1) is 0 Å². The van der Waals surface area contributed by atoms with Gasteiger partial charge >= 0.3 is 6.03 Å². The van der Waals surface area contributed by atoms with Gasteiger partial charge in [-0.1, -0.05) is 37.8 Å². The molecule has 35 heavy (non-hydrogen) atoms.